The number of hydrogen-bond acceptors (Lipinski definition) is 9. The monoisotopic (exact) mass is 667 g/mol. The van der Waals surface area contributed by atoms with Crippen LogP contribution in [0.5, 0.6) is 11.5 Å². The topological polar surface area (TPSA) is 158 Å². The fourth-order valence-corrected chi connectivity index (χ4v) is 5.94. The first kappa shape index (κ1) is 33.0. The number of methoxy groups -OCH3 is 2. The maximum absolute atomic E-state index is 13.1. The molecule has 1 saturated heterocycles. The molecule has 1 atom stereocenters. The number of imidazole rings is 1. The van der Waals surface area contributed by atoms with E-state index < -0.39 is 11.9 Å². The number of rotatable bonds is 11. The third-order valence-electron chi connectivity index (χ3n) is 8.49. The van der Waals surface area contributed by atoms with Crippen LogP contribution in [0, 0.1) is 0 Å². The Kier molecular flexibility index (Phi) is 9.47. The maximum Gasteiger partial charge on any atom is 0.354 e. The normalized spacial score (nSPS) is 14.9. The van der Waals surface area contributed by atoms with Gasteiger partial charge in [-0.25, -0.2) is 9.78 Å². The van der Waals surface area contributed by atoms with Crippen molar-refractivity contribution in [2.24, 2.45) is 19.1 Å². The number of anilines is 2. The van der Waals surface area contributed by atoms with Gasteiger partial charge in [-0.1, -0.05) is 12.1 Å². The lowest BCUT2D eigenvalue weighted by atomic mass is 10.1. The van der Waals surface area contributed by atoms with E-state index >= 15 is 0 Å². The molecular weight excluding hydrogens is 630 g/mol. The van der Waals surface area contributed by atoms with E-state index in [4.69, 9.17) is 14.2 Å². The van der Waals surface area contributed by atoms with E-state index in [9.17, 15) is 19.2 Å². The van der Waals surface area contributed by atoms with Crippen molar-refractivity contribution in [3.63, 3.8) is 0 Å². The number of aryl methyl sites for hydroxylation is 2. The first-order chi connectivity index (χ1) is 23.6. The first-order valence-electron chi connectivity index (χ1n) is 15.8. The van der Waals surface area contributed by atoms with Crippen molar-refractivity contribution in [3.8, 4) is 22.6 Å². The number of aromatic nitrogens is 3. The second kappa shape index (κ2) is 14.1. The van der Waals surface area contributed by atoms with Crippen LogP contribution in [0.15, 0.2) is 59.9 Å². The summed E-state index contributed by atoms with van der Waals surface area (Å²) in [6, 6.07) is 12.3. The Morgan fingerprint density at radius 2 is 1.76 bits per heavy atom. The summed E-state index contributed by atoms with van der Waals surface area (Å²) in [5, 5.41) is 5.55. The molecule has 49 heavy (non-hydrogen) atoms. The number of nitrogens with one attached hydrogen (secondary N) is 2. The van der Waals surface area contributed by atoms with Crippen LogP contribution in [0.2, 0.25) is 0 Å². The molecule has 0 spiro atoms. The van der Waals surface area contributed by atoms with E-state index in [0.717, 1.165) is 24.0 Å². The van der Waals surface area contributed by atoms with E-state index in [1.807, 2.05) is 29.4 Å². The predicted molar refractivity (Wildman–Crippen MR) is 182 cm³/mol. The summed E-state index contributed by atoms with van der Waals surface area (Å²) in [5.74, 6) is -0.00198. The summed E-state index contributed by atoms with van der Waals surface area (Å²) in [4.78, 5) is 61.4. The molecule has 3 amide bonds. The van der Waals surface area contributed by atoms with Gasteiger partial charge in [-0.15, -0.1) is 0 Å². The van der Waals surface area contributed by atoms with Crippen LogP contribution in [0.25, 0.3) is 11.1 Å². The van der Waals surface area contributed by atoms with Crippen LogP contribution in [-0.2, 0) is 23.6 Å². The molecule has 2 N–H and O–H groups in total. The number of amides is 3. The summed E-state index contributed by atoms with van der Waals surface area (Å²) < 4.78 is 19.5. The number of ether oxygens (including phenoxy) is 3. The zero-order valence-corrected chi connectivity index (χ0v) is 27.7. The average molecular weight is 668 g/mol. The average Bonchev–Trinajstić information content (AvgIpc) is 3.81. The van der Waals surface area contributed by atoms with Gasteiger partial charge in [0.1, 0.15) is 5.69 Å². The molecule has 254 valence electrons. The molecule has 2 aromatic heterocycles. The third kappa shape index (κ3) is 7.03. The van der Waals surface area contributed by atoms with Crippen molar-refractivity contribution in [1.82, 2.24) is 19.0 Å². The van der Waals surface area contributed by atoms with Gasteiger partial charge in [0.15, 0.2) is 17.3 Å². The highest BCUT2D eigenvalue weighted by molar-refractivity contribution is 6.04. The Hall–Kier alpha value is -5.92. The van der Waals surface area contributed by atoms with Gasteiger partial charge in [-0.05, 0) is 49.1 Å². The number of carbonyl (C=O) groups excluding carboxylic acids is 4. The van der Waals surface area contributed by atoms with E-state index in [2.05, 4.69) is 20.6 Å². The Balaban J connectivity index is 1.00. The molecule has 2 aliphatic rings. The number of esters is 1. The van der Waals surface area contributed by atoms with E-state index in [0.29, 0.717) is 47.1 Å². The van der Waals surface area contributed by atoms with Crippen molar-refractivity contribution in [1.29, 1.82) is 0 Å². The zero-order chi connectivity index (χ0) is 34.7. The van der Waals surface area contributed by atoms with Gasteiger partial charge >= 0.3 is 5.97 Å². The molecule has 1 unspecified atom stereocenters. The number of fused-ring (bicyclic) bond motifs is 2. The lowest BCUT2D eigenvalue weighted by molar-refractivity contribution is -0.116. The van der Waals surface area contributed by atoms with Crippen LogP contribution in [0.3, 0.4) is 0 Å². The van der Waals surface area contributed by atoms with Crippen molar-refractivity contribution in [2.45, 2.75) is 31.7 Å². The zero-order valence-electron chi connectivity index (χ0n) is 27.7. The van der Waals surface area contributed by atoms with E-state index in [-0.39, 0.29) is 42.5 Å². The Morgan fingerprint density at radius 3 is 2.51 bits per heavy atom. The molecule has 0 bridgehead atoms. The molecule has 0 saturated carbocycles. The molecule has 6 rings (SSSR count). The number of hydrogen-bond donors (Lipinski definition) is 2. The summed E-state index contributed by atoms with van der Waals surface area (Å²) in [5.41, 5.74) is 3.68. The van der Waals surface area contributed by atoms with Crippen LogP contribution in [0.1, 0.15) is 57.1 Å². The molecule has 4 heterocycles. The number of aliphatic imine (C=N–C) groups is 1. The molecule has 4 aromatic rings. The number of nitrogens with zero attached hydrogens (tertiary/aromatic N) is 5. The molecule has 2 aromatic carbocycles. The van der Waals surface area contributed by atoms with Gasteiger partial charge in [-0.3, -0.25) is 19.4 Å². The molecule has 0 radical (unpaired) electrons. The molecule has 0 aliphatic carbocycles. The quantitative estimate of drug-likeness (QED) is 0.174. The van der Waals surface area contributed by atoms with Crippen LogP contribution >= 0.6 is 0 Å². The van der Waals surface area contributed by atoms with Gasteiger partial charge in [0, 0.05) is 63.0 Å². The van der Waals surface area contributed by atoms with E-state index in [1.165, 1.54) is 18.8 Å². The van der Waals surface area contributed by atoms with Gasteiger partial charge in [-0.2, -0.15) is 0 Å². The van der Waals surface area contributed by atoms with Crippen LogP contribution in [-0.4, -0.2) is 82.3 Å². The minimum absolute atomic E-state index is 0.00227. The van der Waals surface area contributed by atoms with Crippen molar-refractivity contribution in [2.75, 3.05) is 38.0 Å². The molecule has 14 nitrogen and oxygen atoms in total. The summed E-state index contributed by atoms with van der Waals surface area (Å²) in [7, 11) is 6.28. The lowest BCUT2D eigenvalue weighted by Gasteiger charge is -2.20. The predicted octanol–water partition coefficient (Wildman–Crippen LogP) is 4.59. The Morgan fingerprint density at radius 1 is 0.959 bits per heavy atom. The fourth-order valence-electron chi connectivity index (χ4n) is 5.94. The van der Waals surface area contributed by atoms with Crippen molar-refractivity contribution in [3.05, 3.63) is 71.9 Å². The van der Waals surface area contributed by atoms with Crippen LogP contribution in [0.4, 0.5) is 17.2 Å². The third-order valence-corrected chi connectivity index (χ3v) is 8.49. The molecule has 1 fully saturated rings. The standard InChI is InChI=1S/C35H37N7O7/c1-40-19-22(15-27(40)35(46)48-4)21-9-11-23(12-10-21)37-33(44)32-39-30(20-41(32)2)38-31(43)8-6-14-49-29-17-26-25(16-28(29)47-3)34(45)42-13-5-7-24(42)18-36-26/h9-12,15-20,24H,5-8,13-14H2,1-4H3,(H,37,44)(H,38,43). The number of benzene rings is 2. The first-order valence-corrected chi connectivity index (χ1v) is 15.8. The molecular formula is C35H37N7O7. The van der Waals surface area contributed by atoms with Gasteiger partial charge in [0.2, 0.25) is 11.7 Å². The highest BCUT2D eigenvalue weighted by Gasteiger charge is 2.32. The van der Waals surface area contributed by atoms with Crippen LogP contribution < -0.4 is 20.1 Å². The van der Waals surface area contributed by atoms with Crippen molar-refractivity contribution < 1.29 is 33.4 Å². The van der Waals surface area contributed by atoms with E-state index in [1.54, 1.807) is 55.2 Å². The minimum Gasteiger partial charge on any atom is -0.493 e. The Bertz CT molecular complexity index is 1940. The largest absolute Gasteiger partial charge is 0.493 e. The summed E-state index contributed by atoms with van der Waals surface area (Å²) >= 11 is 0. The lowest BCUT2D eigenvalue weighted by Crippen LogP contribution is -2.35. The Labute approximate surface area is 282 Å². The minimum atomic E-state index is -0.446. The fraction of sp³-hybridized carbons (Fsp3) is 0.314. The highest BCUT2D eigenvalue weighted by atomic mass is 16.5. The summed E-state index contributed by atoms with van der Waals surface area (Å²) in [6.45, 7) is 0.929. The molecule has 2 aliphatic heterocycles. The van der Waals surface area contributed by atoms with Gasteiger partial charge < -0.3 is 38.9 Å². The second-order valence-electron chi connectivity index (χ2n) is 11.8. The molecule has 14 heteroatoms. The number of carbonyl (C=O) groups is 4. The summed E-state index contributed by atoms with van der Waals surface area (Å²) in [6.07, 6.45) is 7.60. The SMILES string of the molecule is COC(=O)c1cc(-c2ccc(NC(=O)c3nc(NC(=O)CCCOc4cc5c(cc4OC)C(=O)N4CCCC4C=N5)cn3C)cc2)cn1C. The smallest absolute Gasteiger partial charge is 0.354 e. The van der Waals surface area contributed by atoms with Gasteiger partial charge in [0.05, 0.1) is 38.1 Å². The second-order valence-corrected chi connectivity index (χ2v) is 11.8. The highest BCUT2D eigenvalue weighted by Crippen LogP contribution is 2.38. The van der Waals surface area contributed by atoms with Gasteiger partial charge in [0.25, 0.3) is 11.8 Å². The van der Waals surface area contributed by atoms with Crippen molar-refractivity contribution >= 4 is 47.1 Å². The maximum atomic E-state index is 13.1.